The lowest BCUT2D eigenvalue weighted by molar-refractivity contribution is 0.381. The number of halogens is 6. The molecule has 0 saturated carbocycles. The second-order valence-corrected chi connectivity index (χ2v) is 4.05. The molecule has 1 nitrogen and oxygen atoms in total. The minimum Gasteiger partial charge on any atom is -0.207 e. The van der Waals surface area contributed by atoms with E-state index in [0.717, 1.165) is 18.2 Å². The molecule has 0 saturated heterocycles. The molecule has 0 aliphatic carbocycles. The van der Waals surface area contributed by atoms with Crippen molar-refractivity contribution in [2.45, 2.75) is 6.42 Å². The van der Waals surface area contributed by atoms with Crippen LogP contribution in [-0.2, 0) is 6.42 Å². The molecule has 7 heteroatoms. The minimum atomic E-state index is -2.30. The third-order valence-corrected chi connectivity index (χ3v) is 2.85. The van der Waals surface area contributed by atoms with Crippen LogP contribution in [-0.4, -0.2) is 0 Å². The predicted octanol–water partition coefficient (Wildman–Crippen LogP) is 4.25. The summed E-state index contributed by atoms with van der Waals surface area (Å²) in [6, 6.07) is 4.51. The number of nitrogens with zero attached hydrogens (tertiary/aromatic N) is 1. The quantitative estimate of drug-likeness (QED) is 0.462. The molecule has 21 heavy (non-hydrogen) atoms. The molecular weight excluding hydrogens is 296 g/mol. The SMILES string of the molecule is N#CCc1c(F)cccc1-c1c(F)c(F)c(F)c(F)c1F. The Bertz CT molecular complexity index is 734. The number of hydrogen-bond donors (Lipinski definition) is 0. The van der Waals surface area contributed by atoms with Crippen LogP contribution in [0.25, 0.3) is 11.1 Å². The second kappa shape index (κ2) is 5.48. The summed E-state index contributed by atoms with van der Waals surface area (Å²) in [5, 5.41) is 8.60. The molecule has 0 bridgehead atoms. The highest BCUT2D eigenvalue weighted by Gasteiger charge is 2.28. The molecule has 2 rings (SSSR count). The van der Waals surface area contributed by atoms with Crippen LogP contribution >= 0.6 is 0 Å². The van der Waals surface area contributed by atoms with E-state index in [0.29, 0.717) is 0 Å². The summed E-state index contributed by atoms with van der Waals surface area (Å²) in [6.07, 6.45) is -0.582. The predicted molar refractivity (Wildman–Crippen MR) is 60.9 cm³/mol. The molecule has 0 amide bonds. The van der Waals surface area contributed by atoms with Crippen molar-refractivity contribution < 1.29 is 26.3 Å². The van der Waals surface area contributed by atoms with Gasteiger partial charge in [0.2, 0.25) is 5.82 Å². The van der Waals surface area contributed by atoms with Gasteiger partial charge in [-0.1, -0.05) is 12.1 Å². The van der Waals surface area contributed by atoms with Gasteiger partial charge in [0.1, 0.15) is 5.82 Å². The van der Waals surface area contributed by atoms with E-state index in [1.165, 1.54) is 0 Å². The highest BCUT2D eigenvalue weighted by Crippen LogP contribution is 2.34. The van der Waals surface area contributed by atoms with E-state index in [9.17, 15) is 26.3 Å². The average Bonchev–Trinajstić information content (AvgIpc) is 2.46. The molecule has 0 heterocycles. The van der Waals surface area contributed by atoms with Crippen LogP contribution in [0.3, 0.4) is 0 Å². The first-order chi connectivity index (χ1) is 9.90. The first-order valence-corrected chi connectivity index (χ1v) is 5.56. The number of nitriles is 1. The Kier molecular flexibility index (Phi) is 3.89. The lowest BCUT2D eigenvalue weighted by Gasteiger charge is -2.12. The molecule has 0 radical (unpaired) electrons. The summed E-state index contributed by atoms with van der Waals surface area (Å²) in [7, 11) is 0. The molecule has 2 aromatic rings. The third kappa shape index (κ3) is 2.33. The Balaban J connectivity index is 2.87. The summed E-state index contributed by atoms with van der Waals surface area (Å²) in [6.45, 7) is 0. The van der Waals surface area contributed by atoms with Gasteiger partial charge in [0.25, 0.3) is 0 Å². The molecule has 0 N–H and O–H groups in total. The largest absolute Gasteiger partial charge is 0.207 e. The van der Waals surface area contributed by atoms with Gasteiger partial charge in [-0.2, -0.15) is 5.26 Å². The Hall–Kier alpha value is -2.49. The number of rotatable bonds is 2. The molecule has 0 atom stereocenters. The van der Waals surface area contributed by atoms with Crippen LogP contribution in [0.1, 0.15) is 5.56 Å². The van der Waals surface area contributed by atoms with Crippen molar-refractivity contribution in [3.63, 3.8) is 0 Å². The van der Waals surface area contributed by atoms with Crippen LogP contribution < -0.4 is 0 Å². The van der Waals surface area contributed by atoms with Crippen LogP contribution in [0, 0.1) is 46.2 Å². The fraction of sp³-hybridized carbons (Fsp3) is 0.0714. The van der Waals surface area contributed by atoms with Gasteiger partial charge < -0.3 is 0 Å². The van der Waals surface area contributed by atoms with Gasteiger partial charge >= 0.3 is 0 Å². The lowest BCUT2D eigenvalue weighted by atomic mass is 9.96. The molecule has 0 aliphatic heterocycles. The Morgan fingerprint density at radius 3 is 1.86 bits per heavy atom. The van der Waals surface area contributed by atoms with Crippen molar-refractivity contribution in [3.8, 4) is 17.2 Å². The van der Waals surface area contributed by atoms with E-state index in [2.05, 4.69) is 0 Å². The molecule has 108 valence electrons. The number of hydrogen-bond acceptors (Lipinski definition) is 1. The van der Waals surface area contributed by atoms with Crippen molar-refractivity contribution in [2.24, 2.45) is 0 Å². The summed E-state index contributed by atoms with van der Waals surface area (Å²) < 4.78 is 80.4. The Morgan fingerprint density at radius 1 is 0.810 bits per heavy atom. The van der Waals surface area contributed by atoms with Gasteiger partial charge in [-0.05, 0) is 11.6 Å². The van der Waals surface area contributed by atoms with Crippen molar-refractivity contribution >= 4 is 0 Å². The van der Waals surface area contributed by atoms with Crippen LogP contribution in [0.4, 0.5) is 26.3 Å². The highest BCUT2D eigenvalue weighted by molar-refractivity contribution is 5.69. The maximum atomic E-state index is 13.7. The standard InChI is InChI=1S/C14H5F6N/c15-8-3-1-2-7(6(8)4-5-21)9-10(16)12(18)14(20)13(19)11(9)17/h1-3H,4H2. The summed E-state index contributed by atoms with van der Waals surface area (Å²) in [5.41, 5.74) is -2.25. The van der Waals surface area contributed by atoms with Crippen LogP contribution in [0.15, 0.2) is 18.2 Å². The monoisotopic (exact) mass is 301 g/mol. The Morgan fingerprint density at radius 2 is 1.33 bits per heavy atom. The van der Waals surface area contributed by atoms with Crippen LogP contribution in [0.5, 0.6) is 0 Å². The molecule has 0 unspecified atom stereocenters. The topological polar surface area (TPSA) is 23.8 Å². The van der Waals surface area contributed by atoms with Crippen molar-refractivity contribution in [1.29, 1.82) is 5.26 Å². The fourth-order valence-electron chi connectivity index (χ4n) is 1.89. The molecule has 0 spiro atoms. The maximum Gasteiger partial charge on any atom is 0.200 e. The van der Waals surface area contributed by atoms with E-state index < -0.39 is 58.0 Å². The molecule has 0 aliphatic rings. The third-order valence-electron chi connectivity index (χ3n) is 2.85. The van der Waals surface area contributed by atoms with Crippen molar-refractivity contribution in [1.82, 2.24) is 0 Å². The van der Waals surface area contributed by atoms with Gasteiger partial charge in [-0.15, -0.1) is 0 Å². The van der Waals surface area contributed by atoms with Crippen molar-refractivity contribution in [2.75, 3.05) is 0 Å². The zero-order valence-corrected chi connectivity index (χ0v) is 10.2. The van der Waals surface area contributed by atoms with Crippen LogP contribution in [0.2, 0.25) is 0 Å². The molecule has 0 fully saturated rings. The minimum absolute atomic E-state index is 0.441. The summed E-state index contributed by atoms with van der Waals surface area (Å²) in [5.74, 6) is -11.7. The maximum absolute atomic E-state index is 13.7. The van der Waals surface area contributed by atoms with Gasteiger partial charge in [0.05, 0.1) is 18.1 Å². The van der Waals surface area contributed by atoms with Gasteiger partial charge in [-0.25, -0.2) is 26.3 Å². The first kappa shape index (κ1) is 14.9. The van der Waals surface area contributed by atoms with Gasteiger partial charge in [-0.3, -0.25) is 0 Å². The highest BCUT2D eigenvalue weighted by atomic mass is 19.2. The van der Waals surface area contributed by atoms with E-state index in [1.54, 1.807) is 6.07 Å². The second-order valence-electron chi connectivity index (χ2n) is 4.05. The molecule has 2 aromatic carbocycles. The first-order valence-electron chi connectivity index (χ1n) is 5.56. The van der Waals surface area contributed by atoms with Crippen molar-refractivity contribution in [3.05, 3.63) is 58.7 Å². The zero-order valence-electron chi connectivity index (χ0n) is 10.2. The smallest absolute Gasteiger partial charge is 0.200 e. The van der Waals surface area contributed by atoms with E-state index in [4.69, 9.17) is 5.26 Å². The summed E-state index contributed by atoms with van der Waals surface area (Å²) >= 11 is 0. The van der Waals surface area contributed by atoms with E-state index in [1.807, 2.05) is 0 Å². The summed E-state index contributed by atoms with van der Waals surface area (Å²) in [4.78, 5) is 0. The average molecular weight is 301 g/mol. The van der Waals surface area contributed by atoms with Gasteiger partial charge in [0.15, 0.2) is 23.3 Å². The number of benzene rings is 2. The lowest BCUT2D eigenvalue weighted by Crippen LogP contribution is -2.06. The molecular formula is C14H5F6N. The fourth-order valence-corrected chi connectivity index (χ4v) is 1.89. The Labute approximate surface area is 115 Å². The van der Waals surface area contributed by atoms with E-state index in [-0.39, 0.29) is 0 Å². The zero-order chi connectivity index (χ0) is 15.7. The molecule has 0 aromatic heterocycles. The normalized spacial score (nSPS) is 10.5. The van der Waals surface area contributed by atoms with Gasteiger partial charge in [0, 0.05) is 5.56 Å². The van der Waals surface area contributed by atoms with E-state index >= 15 is 0 Å².